The number of hydrogen-bond donors (Lipinski definition) is 4. The molecule has 1 saturated heterocycles. The molecule has 0 saturated carbocycles. The smallest absolute Gasteiger partial charge is 0.307 e. The molecule has 0 bridgehead atoms. The van der Waals surface area contributed by atoms with Crippen molar-refractivity contribution in [1.29, 1.82) is 0 Å². The first kappa shape index (κ1) is 26.1. The van der Waals surface area contributed by atoms with Crippen LogP contribution in [0.1, 0.15) is 39.3 Å². The molecular formula is C23H27N7O6S2. The van der Waals surface area contributed by atoms with Gasteiger partial charge in [-0.3, -0.25) is 9.59 Å². The lowest BCUT2D eigenvalue weighted by atomic mass is 10.1. The highest BCUT2D eigenvalue weighted by molar-refractivity contribution is 7.87. The molecule has 2 aromatic heterocycles. The van der Waals surface area contributed by atoms with E-state index in [1.54, 1.807) is 18.2 Å². The number of aromatic nitrogens is 2. The molecule has 2 aliphatic rings. The van der Waals surface area contributed by atoms with Crippen LogP contribution in [0.3, 0.4) is 0 Å². The molecular weight excluding hydrogens is 534 g/mol. The number of fused-ring (bicyclic) bond motifs is 2. The standard InChI is InChI=1S/C23H27N7O6S2/c1-13-6-18-19(9-25-13)37-22(26-18)23(33)30-5-4-28(12-17(30)8-20(31)32)38(35,36)29-10-15-3-2-14(21(24)27-34)7-16(15)11-29/h2-3,7,10-11,13,17,25,34H,4-6,8-9,12H2,1H3,(H2,24,27)(H,31,32). The van der Waals surface area contributed by atoms with Gasteiger partial charge in [-0.15, -0.1) is 11.3 Å². The first-order valence-electron chi connectivity index (χ1n) is 11.9. The Bertz CT molecular complexity index is 1550. The molecule has 5 rings (SSSR count). The number of nitrogens with one attached hydrogen (secondary N) is 1. The number of aliphatic carboxylic acids is 1. The summed E-state index contributed by atoms with van der Waals surface area (Å²) < 4.78 is 29.3. The van der Waals surface area contributed by atoms with Gasteiger partial charge in [0.25, 0.3) is 5.91 Å². The van der Waals surface area contributed by atoms with Gasteiger partial charge in [-0.2, -0.15) is 12.7 Å². The molecule has 3 aromatic rings. The van der Waals surface area contributed by atoms with Crippen molar-refractivity contribution in [1.82, 2.24) is 23.5 Å². The van der Waals surface area contributed by atoms with Gasteiger partial charge in [0, 0.05) is 72.2 Å². The Morgan fingerprint density at radius 3 is 2.76 bits per heavy atom. The van der Waals surface area contributed by atoms with Gasteiger partial charge >= 0.3 is 16.2 Å². The molecule has 13 nitrogen and oxygen atoms in total. The highest BCUT2D eigenvalue weighted by Gasteiger charge is 2.39. The van der Waals surface area contributed by atoms with Crippen LogP contribution in [0.4, 0.5) is 0 Å². The van der Waals surface area contributed by atoms with Crippen LogP contribution in [0.2, 0.25) is 0 Å². The Kier molecular flexibility index (Phi) is 6.85. The molecule has 5 N–H and O–H groups in total. The first-order valence-corrected chi connectivity index (χ1v) is 14.1. The number of carbonyl (C=O) groups is 2. The Labute approximate surface area is 222 Å². The van der Waals surface area contributed by atoms with Crippen molar-refractivity contribution in [3.8, 4) is 0 Å². The predicted molar refractivity (Wildman–Crippen MR) is 140 cm³/mol. The second-order valence-corrected chi connectivity index (χ2v) is 12.3. The Morgan fingerprint density at radius 1 is 1.26 bits per heavy atom. The Hall–Kier alpha value is -3.53. The lowest BCUT2D eigenvalue weighted by molar-refractivity contribution is -0.138. The predicted octanol–water partition coefficient (Wildman–Crippen LogP) is 0.621. The number of piperazine rings is 1. The second kappa shape index (κ2) is 9.98. The lowest BCUT2D eigenvalue weighted by Crippen LogP contribution is -2.57. The molecule has 1 fully saturated rings. The second-order valence-electron chi connectivity index (χ2n) is 9.41. The van der Waals surface area contributed by atoms with Gasteiger partial charge in [0.15, 0.2) is 10.8 Å². The number of amides is 1. The average Bonchev–Trinajstić information content (AvgIpc) is 3.51. The number of rotatable bonds is 6. The normalized spacial score (nSPS) is 21.0. The molecule has 0 spiro atoms. The van der Waals surface area contributed by atoms with E-state index in [1.165, 1.54) is 32.9 Å². The summed E-state index contributed by atoms with van der Waals surface area (Å²) in [5.74, 6) is -1.62. The van der Waals surface area contributed by atoms with Crippen LogP contribution >= 0.6 is 11.3 Å². The van der Waals surface area contributed by atoms with Crippen LogP contribution in [0.25, 0.3) is 10.8 Å². The third-order valence-corrected chi connectivity index (χ3v) is 9.62. The summed E-state index contributed by atoms with van der Waals surface area (Å²) in [6.45, 7) is 2.52. The van der Waals surface area contributed by atoms with Crippen molar-refractivity contribution in [3.63, 3.8) is 0 Å². The Morgan fingerprint density at radius 2 is 2.03 bits per heavy atom. The number of nitrogens with zero attached hydrogens (tertiary/aromatic N) is 5. The number of carboxylic acids is 1. The number of hydrogen-bond acceptors (Lipinski definition) is 9. The van der Waals surface area contributed by atoms with Gasteiger partial charge in [0.05, 0.1) is 18.2 Å². The van der Waals surface area contributed by atoms with Gasteiger partial charge < -0.3 is 26.3 Å². The molecule has 0 aliphatic carbocycles. The molecule has 0 radical (unpaired) electrons. The summed E-state index contributed by atoms with van der Waals surface area (Å²) in [6, 6.07) is 4.25. The Balaban J connectivity index is 1.39. The molecule has 4 heterocycles. The van der Waals surface area contributed by atoms with E-state index in [9.17, 15) is 23.1 Å². The molecule has 1 amide bonds. The largest absolute Gasteiger partial charge is 0.481 e. The molecule has 38 heavy (non-hydrogen) atoms. The highest BCUT2D eigenvalue weighted by Crippen LogP contribution is 2.27. The summed E-state index contributed by atoms with van der Waals surface area (Å²) in [7, 11) is -4.07. The topological polar surface area (TPSA) is 183 Å². The van der Waals surface area contributed by atoms with Crippen LogP contribution in [0, 0.1) is 0 Å². The van der Waals surface area contributed by atoms with Crippen LogP contribution in [-0.4, -0.2) is 86.3 Å². The molecule has 202 valence electrons. The SMILES string of the molecule is CC1Cc2nc(C(=O)N3CCN(S(=O)(=O)n4cc5ccc(/C(N)=N\O)cc5c4)CC3CC(=O)O)sc2CN1. The van der Waals surface area contributed by atoms with Crippen LogP contribution < -0.4 is 11.1 Å². The molecule has 2 atom stereocenters. The van der Waals surface area contributed by atoms with Gasteiger partial charge in [0.1, 0.15) is 0 Å². The van der Waals surface area contributed by atoms with E-state index >= 15 is 0 Å². The highest BCUT2D eigenvalue weighted by atomic mass is 32.2. The lowest BCUT2D eigenvalue weighted by Gasteiger charge is -2.39. The van der Waals surface area contributed by atoms with E-state index in [2.05, 4.69) is 15.5 Å². The molecule has 2 unspecified atom stereocenters. The van der Waals surface area contributed by atoms with Crippen molar-refractivity contribution >= 4 is 50.0 Å². The minimum absolute atomic E-state index is 0.00222. The summed E-state index contributed by atoms with van der Waals surface area (Å²) >= 11 is 1.29. The van der Waals surface area contributed by atoms with Crippen molar-refractivity contribution < 1.29 is 28.3 Å². The number of amidine groups is 1. The molecule has 1 aromatic carbocycles. The quantitative estimate of drug-likeness (QED) is 0.145. The maximum Gasteiger partial charge on any atom is 0.307 e. The van der Waals surface area contributed by atoms with Gasteiger partial charge in [0.2, 0.25) is 0 Å². The maximum atomic E-state index is 13.5. The number of nitrogens with two attached hydrogens (primary N) is 1. The van der Waals surface area contributed by atoms with E-state index in [0.717, 1.165) is 14.5 Å². The van der Waals surface area contributed by atoms with Gasteiger partial charge in [-0.25, -0.2) is 8.96 Å². The zero-order chi connectivity index (χ0) is 27.2. The fourth-order valence-corrected chi connectivity index (χ4v) is 7.23. The number of benzene rings is 1. The van der Waals surface area contributed by atoms with Gasteiger partial charge in [-0.1, -0.05) is 17.3 Å². The molecule has 2 aliphatic heterocycles. The van der Waals surface area contributed by atoms with Crippen LogP contribution in [0.5, 0.6) is 0 Å². The van der Waals surface area contributed by atoms with Crippen LogP contribution in [0.15, 0.2) is 35.7 Å². The van der Waals surface area contributed by atoms with E-state index in [4.69, 9.17) is 10.9 Å². The van der Waals surface area contributed by atoms with Crippen molar-refractivity contribution in [2.24, 2.45) is 10.9 Å². The fraction of sp³-hybridized carbons (Fsp3) is 0.391. The van der Waals surface area contributed by atoms with Crippen molar-refractivity contribution in [2.75, 3.05) is 19.6 Å². The fourth-order valence-electron chi connectivity index (χ4n) is 4.80. The summed E-state index contributed by atoms with van der Waals surface area (Å²) in [4.78, 5) is 32.0. The summed E-state index contributed by atoms with van der Waals surface area (Å²) in [5.41, 5.74) is 6.94. The zero-order valence-electron chi connectivity index (χ0n) is 20.4. The van der Waals surface area contributed by atoms with Crippen LogP contribution in [-0.2, 0) is 28.0 Å². The third-order valence-electron chi connectivity index (χ3n) is 6.80. The number of carboxylic acid groups (broad SMARTS) is 1. The third kappa shape index (κ3) is 4.84. The van der Waals surface area contributed by atoms with E-state index in [-0.39, 0.29) is 42.4 Å². The molecule has 15 heteroatoms. The summed E-state index contributed by atoms with van der Waals surface area (Å²) in [5, 5.41) is 26.2. The average molecular weight is 562 g/mol. The summed E-state index contributed by atoms with van der Waals surface area (Å²) in [6.07, 6.45) is 3.16. The maximum absolute atomic E-state index is 13.5. The minimum atomic E-state index is -4.07. The van der Waals surface area contributed by atoms with Crippen molar-refractivity contribution in [2.45, 2.75) is 38.4 Å². The number of oxime groups is 1. The van der Waals surface area contributed by atoms with E-state index in [0.29, 0.717) is 29.3 Å². The zero-order valence-corrected chi connectivity index (χ0v) is 22.1. The minimum Gasteiger partial charge on any atom is -0.481 e. The van der Waals surface area contributed by atoms with E-state index in [1.807, 2.05) is 6.92 Å². The number of thiazole rings is 1. The van der Waals surface area contributed by atoms with Crippen molar-refractivity contribution in [3.05, 3.63) is 51.7 Å². The number of carbonyl (C=O) groups excluding carboxylic acids is 1. The first-order chi connectivity index (χ1) is 18.1. The van der Waals surface area contributed by atoms with E-state index < -0.39 is 28.6 Å². The monoisotopic (exact) mass is 561 g/mol. The van der Waals surface area contributed by atoms with Gasteiger partial charge in [-0.05, 0) is 13.0 Å².